The molecule has 0 radical (unpaired) electrons. The van der Waals surface area contributed by atoms with Gasteiger partial charge >= 0.3 is 0 Å². The van der Waals surface area contributed by atoms with Crippen LogP contribution in [0, 0.1) is 0 Å². The van der Waals surface area contributed by atoms with Crippen LogP contribution in [0.15, 0.2) is 179 Å². The number of rotatable bonds is 4. The van der Waals surface area contributed by atoms with Crippen molar-refractivity contribution in [3.63, 3.8) is 0 Å². The molecule has 0 fully saturated rings. The molecular weight excluding hydrogens is 733 g/mol. The molecule has 0 N–H and O–H groups in total. The summed E-state index contributed by atoms with van der Waals surface area (Å²) in [7, 11) is 0. The fourth-order valence-corrected chi connectivity index (χ4v) is 10.1. The molecule has 13 aromatic rings. The summed E-state index contributed by atoms with van der Waals surface area (Å²) in [6.45, 7) is 0. The van der Waals surface area contributed by atoms with Crippen LogP contribution >= 0.6 is 11.3 Å². The van der Waals surface area contributed by atoms with E-state index in [0.29, 0.717) is 17.5 Å². The maximum absolute atomic E-state index is 6.55. The second-order valence-corrected chi connectivity index (χ2v) is 15.8. The van der Waals surface area contributed by atoms with Gasteiger partial charge in [0, 0.05) is 69.3 Å². The van der Waals surface area contributed by atoms with E-state index in [1.165, 1.54) is 15.5 Å². The van der Waals surface area contributed by atoms with Gasteiger partial charge in [-0.2, -0.15) is 0 Å². The van der Waals surface area contributed by atoms with Gasteiger partial charge in [0.1, 0.15) is 22.3 Å². The lowest BCUT2D eigenvalue weighted by Gasteiger charge is -2.13. The van der Waals surface area contributed by atoms with E-state index in [2.05, 4.69) is 120 Å². The molecule has 7 heteroatoms. The number of benzene rings is 8. The minimum absolute atomic E-state index is 0.549. The zero-order valence-electron chi connectivity index (χ0n) is 30.7. The number of hydrogen-bond donors (Lipinski definition) is 0. The van der Waals surface area contributed by atoms with Crippen LogP contribution in [0.3, 0.4) is 0 Å². The van der Waals surface area contributed by atoms with Crippen molar-refractivity contribution in [3.05, 3.63) is 170 Å². The molecule has 5 heterocycles. The SMILES string of the molecule is c1ccc(-c2nc(-c3cccc4c3oc3ccccc34)nc(-c3cc(-n4c5ccccc5c5ccccc54)cc4c3sc3ccc5oc6ccccc6c5c34)n2)cc1. The van der Waals surface area contributed by atoms with E-state index in [1.54, 1.807) is 11.3 Å². The Hall–Kier alpha value is -7.61. The zero-order valence-corrected chi connectivity index (χ0v) is 31.5. The molecule has 0 amide bonds. The molecule has 0 atom stereocenters. The van der Waals surface area contributed by atoms with Crippen LogP contribution in [-0.4, -0.2) is 19.5 Å². The van der Waals surface area contributed by atoms with Crippen molar-refractivity contribution >= 4 is 97.2 Å². The number of hydrogen-bond acceptors (Lipinski definition) is 6. The lowest BCUT2D eigenvalue weighted by atomic mass is 10.0. The first-order valence-corrected chi connectivity index (χ1v) is 20.1. The molecule has 5 aromatic heterocycles. The molecule has 8 aromatic carbocycles. The van der Waals surface area contributed by atoms with Crippen molar-refractivity contribution in [2.75, 3.05) is 0 Å². The molecule has 0 aliphatic heterocycles. The predicted octanol–water partition coefficient (Wildman–Crippen LogP) is 14.1. The zero-order chi connectivity index (χ0) is 37.9. The highest BCUT2D eigenvalue weighted by Gasteiger charge is 2.24. The van der Waals surface area contributed by atoms with E-state index in [0.717, 1.165) is 92.8 Å². The molecule has 270 valence electrons. The van der Waals surface area contributed by atoms with E-state index >= 15 is 0 Å². The highest BCUT2D eigenvalue weighted by atomic mass is 32.1. The van der Waals surface area contributed by atoms with Crippen molar-refractivity contribution in [1.82, 2.24) is 19.5 Å². The van der Waals surface area contributed by atoms with Crippen LogP contribution in [-0.2, 0) is 0 Å². The second-order valence-electron chi connectivity index (χ2n) is 14.7. The Labute approximate surface area is 333 Å². The van der Waals surface area contributed by atoms with Crippen molar-refractivity contribution < 1.29 is 8.83 Å². The lowest BCUT2D eigenvalue weighted by Crippen LogP contribution is -2.01. The summed E-state index contributed by atoms with van der Waals surface area (Å²) >= 11 is 1.76. The van der Waals surface area contributed by atoms with E-state index in [1.807, 2.05) is 54.6 Å². The van der Waals surface area contributed by atoms with Crippen molar-refractivity contribution in [3.8, 4) is 39.9 Å². The molecule has 58 heavy (non-hydrogen) atoms. The molecule has 0 aliphatic rings. The van der Waals surface area contributed by atoms with Gasteiger partial charge in [-0.3, -0.25) is 0 Å². The molecule has 0 unspecified atom stereocenters. The van der Waals surface area contributed by atoms with Crippen molar-refractivity contribution in [1.29, 1.82) is 0 Å². The first kappa shape index (κ1) is 31.6. The Morgan fingerprint density at radius 2 is 1.03 bits per heavy atom. The first-order valence-electron chi connectivity index (χ1n) is 19.3. The topological polar surface area (TPSA) is 69.9 Å². The summed E-state index contributed by atoms with van der Waals surface area (Å²) in [5.41, 5.74) is 9.24. The van der Waals surface area contributed by atoms with Crippen LogP contribution in [0.5, 0.6) is 0 Å². The maximum atomic E-state index is 6.55. The molecule has 13 rings (SSSR count). The lowest BCUT2D eigenvalue weighted by molar-refractivity contribution is 0.669. The van der Waals surface area contributed by atoms with Gasteiger partial charge in [-0.05, 0) is 54.6 Å². The van der Waals surface area contributed by atoms with Gasteiger partial charge in [-0.25, -0.2) is 15.0 Å². The van der Waals surface area contributed by atoms with Gasteiger partial charge in [0.15, 0.2) is 17.5 Å². The summed E-state index contributed by atoms with van der Waals surface area (Å²) in [4.78, 5) is 15.9. The number of fused-ring (bicyclic) bond motifs is 13. The summed E-state index contributed by atoms with van der Waals surface area (Å²) in [6, 6.07) is 59.0. The van der Waals surface area contributed by atoms with Crippen LogP contribution in [0.1, 0.15) is 0 Å². The fraction of sp³-hybridized carbons (Fsp3) is 0. The summed E-state index contributed by atoms with van der Waals surface area (Å²) in [5.74, 6) is 1.73. The van der Waals surface area contributed by atoms with E-state index in [4.69, 9.17) is 23.8 Å². The molecule has 0 aliphatic carbocycles. The average molecular weight is 761 g/mol. The minimum Gasteiger partial charge on any atom is -0.456 e. The standard InChI is InChI=1S/C51H28N4O2S/c1-2-13-29(14-3-1)49-52-50(36-20-12-19-34-33-17-6-10-23-41(33)57-47(34)36)54-51(53-49)38-28-30(55-39-21-8-4-15-31(39)32-16-5-9-22-40(32)55)27-37-46-44(58-48(37)38)26-25-43-45(46)35-18-7-11-24-42(35)56-43/h1-28H. The predicted molar refractivity (Wildman–Crippen MR) is 238 cm³/mol. The van der Waals surface area contributed by atoms with Gasteiger partial charge < -0.3 is 13.4 Å². The highest BCUT2D eigenvalue weighted by Crippen LogP contribution is 2.47. The van der Waals surface area contributed by atoms with Crippen molar-refractivity contribution in [2.24, 2.45) is 0 Å². The second kappa shape index (κ2) is 11.9. The highest BCUT2D eigenvalue weighted by molar-refractivity contribution is 7.26. The Kier molecular flexibility index (Phi) is 6.50. The fourth-order valence-electron chi connectivity index (χ4n) is 8.92. The van der Waals surface area contributed by atoms with Crippen molar-refractivity contribution in [2.45, 2.75) is 0 Å². The largest absolute Gasteiger partial charge is 0.456 e. The third-order valence-electron chi connectivity index (χ3n) is 11.5. The Morgan fingerprint density at radius 3 is 1.81 bits per heavy atom. The Balaban J connectivity index is 1.17. The van der Waals surface area contributed by atoms with Crippen LogP contribution in [0.25, 0.3) is 126 Å². The summed E-state index contributed by atoms with van der Waals surface area (Å²) in [5, 5.41) is 8.97. The molecule has 0 bridgehead atoms. The molecule has 6 nitrogen and oxygen atoms in total. The van der Waals surface area contributed by atoms with Gasteiger partial charge in [-0.15, -0.1) is 11.3 Å². The van der Waals surface area contributed by atoms with E-state index in [-0.39, 0.29) is 0 Å². The van der Waals surface area contributed by atoms with Gasteiger partial charge in [0.05, 0.1) is 16.6 Å². The number of aromatic nitrogens is 4. The summed E-state index contributed by atoms with van der Waals surface area (Å²) in [6.07, 6.45) is 0. The number of thiophene rings is 1. The smallest absolute Gasteiger partial charge is 0.167 e. The monoisotopic (exact) mass is 760 g/mol. The quantitative estimate of drug-likeness (QED) is 0.179. The number of nitrogens with zero attached hydrogens (tertiary/aromatic N) is 4. The van der Waals surface area contributed by atoms with Gasteiger partial charge in [-0.1, -0.05) is 115 Å². The number of furan rings is 2. The van der Waals surface area contributed by atoms with Gasteiger partial charge in [0.2, 0.25) is 0 Å². The van der Waals surface area contributed by atoms with E-state index < -0.39 is 0 Å². The minimum atomic E-state index is 0.549. The van der Waals surface area contributed by atoms with Gasteiger partial charge in [0.25, 0.3) is 0 Å². The van der Waals surface area contributed by atoms with E-state index in [9.17, 15) is 0 Å². The third kappa shape index (κ3) is 4.50. The normalized spacial score (nSPS) is 12.1. The molecule has 0 saturated heterocycles. The Bertz CT molecular complexity index is 3760. The van der Waals surface area contributed by atoms with Crippen LogP contribution < -0.4 is 0 Å². The third-order valence-corrected chi connectivity index (χ3v) is 12.7. The molecular formula is C51H28N4O2S. The Morgan fingerprint density at radius 1 is 0.414 bits per heavy atom. The average Bonchev–Trinajstić information content (AvgIpc) is 4.05. The first-order chi connectivity index (χ1) is 28.7. The molecule has 0 spiro atoms. The maximum Gasteiger partial charge on any atom is 0.167 e. The number of para-hydroxylation sites is 5. The summed E-state index contributed by atoms with van der Waals surface area (Å²) < 4.78 is 17.6. The van der Waals surface area contributed by atoms with Crippen LogP contribution in [0.2, 0.25) is 0 Å². The molecule has 0 saturated carbocycles. The van der Waals surface area contributed by atoms with Crippen LogP contribution in [0.4, 0.5) is 0 Å².